The van der Waals surface area contributed by atoms with Crippen molar-refractivity contribution in [1.82, 2.24) is 24.5 Å². The number of morpholine rings is 1. The van der Waals surface area contributed by atoms with E-state index in [9.17, 15) is 0 Å². The van der Waals surface area contributed by atoms with Crippen LogP contribution in [0.5, 0.6) is 0 Å². The number of nitrogens with zero attached hydrogens (tertiary/aromatic N) is 5. The number of fused-ring (bicyclic) bond motifs is 4. The minimum Gasteiger partial charge on any atom is -0.410 e. The molecule has 2 aromatic heterocycles. The van der Waals surface area contributed by atoms with Crippen molar-refractivity contribution in [2.24, 2.45) is 5.92 Å². The van der Waals surface area contributed by atoms with Crippen LogP contribution in [0.1, 0.15) is 19.3 Å². The Balaban J connectivity index is 1.57. The van der Waals surface area contributed by atoms with Gasteiger partial charge in [-0.25, -0.2) is 4.68 Å². The average molecular weight is 554 g/mol. The molecule has 2 unspecified atom stereocenters. The molecule has 2 atom stereocenters. The van der Waals surface area contributed by atoms with Gasteiger partial charge in [0, 0.05) is 36.8 Å². The van der Waals surface area contributed by atoms with Crippen molar-refractivity contribution >= 4 is 41.2 Å². The summed E-state index contributed by atoms with van der Waals surface area (Å²) < 4.78 is 17.9. The van der Waals surface area contributed by atoms with Gasteiger partial charge in [-0.05, 0) is 62.7 Å². The number of para-hydroxylation sites is 3. The summed E-state index contributed by atoms with van der Waals surface area (Å²) in [7, 11) is -1.96. The number of hydrogen-bond donors (Lipinski definition) is 0. The number of rotatable bonds is 9. The van der Waals surface area contributed by atoms with Gasteiger partial charge in [0.1, 0.15) is 5.52 Å². The van der Waals surface area contributed by atoms with Gasteiger partial charge in [-0.2, -0.15) is 0 Å². The first-order valence-corrected chi connectivity index (χ1v) is 18.1. The fraction of sp³-hybridized carbons (Fsp3) is 0.438. The molecule has 40 heavy (non-hydrogen) atoms. The molecule has 1 saturated heterocycles. The van der Waals surface area contributed by atoms with Gasteiger partial charge in [-0.3, -0.25) is 4.90 Å². The lowest BCUT2D eigenvalue weighted by atomic mass is 9.92. The van der Waals surface area contributed by atoms with Gasteiger partial charge < -0.3 is 13.7 Å². The highest BCUT2D eigenvalue weighted by Crippen LogP contribution is 2.49. The molecule has 7 nitrogen and oxygen atoms in total. The molecule has 0 N–H and O–H groups in total. The first kappa shape index (κ1) is 25.9. The van der Waals surface area contributed by atoms with Gasteiger partial charge in [0.05, 0.1) is 35.9 Å². The van der Waals surface area contributed by atoms with Crippen LogP contribution in [-0.2, 0) is 14.8 Å². The van der Waals surface area contributed by atoms with Crippen LogP contribution in [0, 0.1) is 5.92 Å². The van der Waals surface area contributed by atoms with Crippen molar-refractivity contribution in [2.75, 3.05) is 32.8 Å². The summed E-state index contributed by atoms with van der Waals surface area (Å²) in [6.07, 6.45) is 3.18. The van der Waals surface area contributed by atoms with Crippen LogP contribution < -0.4 is 0 Å². The van der Waals surface area contributed by atoms with Gasteiger partial charge in [0.25, 0.3) is 0 Å². The van der Waals surface area contributed by atoms with Gasteiger partial charge in [0.15, 0.2) is 14.0 Å². The van der Waals surface area contributed by atoms with E-state index in [4.69, 9.17) is 19.5 Å². The summed E-state index contributed by atoms with van der Waals surface area (Å²) in [6, 6.07) is 26.1. The molecular weight excluding hydrogens is 514 g/mol. The Morgan fingerprint density at radius 3 is 2.10 bits per heavy atom. The monoisotopic (exact) mass is 553 g/mol. The maximum absolute atomic E-state index is 7.35. The highest BCUT2D eigenvalue weighted by atomic mass is 28.4. The lowest BCUT2D eigenvalue weighted by molar-refractivity contribution is -0.0165. The van der Waals surface area contributed by atoms with E-state index in [-0.39, 0.29) is 6.10 Å². The minimum atomic E-state index is -1.96. The van der Waals surface area contributed by atoms with E-state index in [1.807, 2.05) is 6.07 Å². The molecule has 2 fully saturated rings. The highest BCUT2D eigenvalue weighted by Gasteiger charge is 2.54. The predicted octanol–water partition coefficient (Wildman–Crippen LogP) is 6.09. The molecule has 1 aliphatic heterocycles. The second kappa shape index (κ2) is 10.1. The van der Waals surface area contributed by atoms with Crippen LogP contribution in [0.2, 0.25) is 19.6 Å². The lowest BCUT2D eigenvalue weighted by Gasteiger charge is -2.46. The molecule has 3 aromatic carbocycles. The molecule has 208 valence electrons. The first-order chi connectivity index (χ1) is 19.5. The number of ether oxygens (including phenoxy) is 1. The highest BCUT2D eigenvalue weighted by molar-refractivity contribution is 6.69. The minimum absolute atomic E-state index is 0.0375. The molecule has 2 aliphatic rings. The molecule has 3 heterocycles. The fourth-order valence-electron chi connectivity index (χ4n) is 6.69. The van der Waals surface area contributed by atoms with Crippen molar-refractivity contribution in [1.29, 1.82) is 0 Å². The van der Waals surface area contributed by atoms with Gasteiger partial charge in [-0.15, -0.1) is 5.10 Å². The fourth-order valence-corrected chi connectivity index (χ4v) is 7.84. The third kappa shape index (κ3) is 4.47. The van der Waals surface area contributed by atoms with Crippen LogP contribution in [-0.4, -0.2) is 71.7 Å². The van der Waals surface area contributed by atoms with E-state index in [2.05, 4.69) is 101 Å². The van der Waals surface area contributed by atoms with E-state index < -0.39 is 14.0 Å². The van der Waals surface area contributed by atoms with Crippen LogP contribution in [0.3, 0.4) is 0 Å². The van der Waals surface area contributed by atoms with Crippen LogP contribution >= 0.6 is 0 Å². The molecule has 0 radical (unpaired) electrons. The van der Waals surface area contributed by atoms with E-state index in [0.29, 0.717) is 5.92 Å². The Labute approximate surface area is 236 Å². The van der Waals surface area contributed by atoms with Crippen molar-refractivity contribution < 1.29 is 9.16 Å². The standard InChI is InChI=1S/C32H39N5O2Si/c1-40(2,3)39-31(24-16-17-24)32(18-19-35-20-22-38-23-21-35,37-30-15-9-6-12-27(30)33-34-37)36-28-13-7-4-10-25(28)26-11-5-8-14-29(26)36/h4-15,24,31H,16-23H2,1-3H3. The van der Waals surface area contributed by atoms with Gasteiger partial charge >= 0.3 is 0 Å². The Bertz CT molecular complexity index is 1590. The molecule has 7 rings (SSSR count). The number of hydrogen-bond acceptors (Lipinski definition) is 5. The van der Waals surface area contributed by atoms with Crippen molar-refractivity contribution in [2.45, 2.75) is 50.7 Å². The van der Waals surface area contributed by atoms with Crippen molar-refractivity contribution in [3.05, 3.63) is 72.8 Å². The SMILES string of the molecule is C[Si](C)(C)OC(C1CC1)C(CCN1CCOCC1)(n1nnc2ccccc21)n1c2ccccc2c2ccccc21. The Kier molecular flexibility index (Phi) is 6.54. The molecule has 1 saturated carbocycles. The summed E-state index contributed by atoms with van der Waals surface area (Å²) >= 11 is 0. The smallest absolute Gasteiger partial charge is 0.184 e. The summed E-state index contributed by atoms with van der Waals surface area (Å²) in [5.41, 5.74) is 3.79. The molecule has 0 amide bonds. The third-order valence-corrected chi connectivity index (χ3v) is 9.53. The lowest BCUT2D eigenvalue weighted by Crippen LogP contribution is -2.57. The summed E-state index contributed by atoms with van der Waals surface area (Å²) in [5, 5.41) is 12.3. The van der Waals surface area contributed by atoms with E-state index in [0.717, 1.165) is 50.3 Å². The van der Waals surface area contributed by atoms with E-state index >= 15 is 0 Å². The van der Waals surface area contributed by atoms with Gasteiger partial charge in [-0.1, -0.05) is 53.7 Å². The molecular formula is C32H39N5O2Si. The summed E-state index contributed by atoms with van der Waals surface area (Å²) in [4.78, 5) is 2.55. The van der Waals surface area contributed by atoms with Crippen LogP contribution in [0.25, 0.3) is 32.8 Å². The van der Waals surface area contributed by atoms with E-state index in [1.165, 1.54) is 34.6 Å². The molecule has 8 heteroatoms. The predicted molar refractivity (Wildman–Crippen MR) is 163 cm³/mol. The Morgan fingerprint density at radius 1 is 0.875 bits per heavy atom. The number of aromatic nitrogens is 4. The van der Waals surface area contributed by atoms with E-state index in [1.54, 1.807) is 0 Å². The Hall–Kier alpha value is -3.04. The van der Waals surface area contributed by atoms with Gasteiger partial charge in [0.2, 0.25) is 0 Å². The Morgan fingerprint density at radius 2 is 1.48 bits per heavy atom. The normalized spacial score (nSPS) is 19.4. The largest absolute Gasteiger partial charge is 0.410 e. The average Bonchev–Trinajstić information content (AvgIpc) is 3.64. The maximum atomic E-state index is 7.35. The zero-order valence-corrected chi connectivity index (χ0v) is 24.8. The van der Waals surface area contributed by atoms with Crippen LogP contribution in [0.4, 0.5) is 0 Å². The second-order valence-corrected chi connectivity index (χ2v) is 16.9. The summed E-state index contributed by atoms with van der Waals surface area (Å²) in [5.74, 6) is 0.472. The molecule has 0 bridgehead atoms. The zero-order valence-electron chi connectivity index (χ0n) is 23.8. The van der Waals surface area contributed by atoms with Crippen molar-refractivity contribution in [3.8, 4) is 0 Å². The molecule has 5 aromatic rings. The second-order valence-electron chi connectivity index (χ2n) is 12.4. The molecule has 1 aliphatic carbocycles. The third-order valence-electron chi connectivity index (χ3n) is 8.57. The quantitative estimate of drug-likeness (QED) is 0.207. The maximum Gasteiger partial charge on any atom is 0.184 e. The molecule has 0 spiro atoms. The number of benzene rings is 3. The topological polar surface area (TPSA) is 57.3 Å². The van der Waals surface area contributed by atoms with Crippen molar-refractivity contribution in [3.63, 3.8) is 0 Å². The van der Waals surface area contributed by atoms with Crippen LogP contribution in [0.15, 0.2) is 72.8 Å². The summed E-state index contributed by atoms with van der Waals surface area (Å²) in [6.45, 7) is 11.4. The zero-order chi connectivity index (χ0) is 27.3. The first-order valence-electron chi connectivity index (χ1n) is 14.7.